The zero-order valence-electron chi connectivity index (χ0n) is 20.4. The molecule has 3 rings (SSSR count). The van der Waals surface area contributed by atoms with Crippen molar-refractivity contribution in [2.45, 2.75) is 45.5 Å². The molecular formula is C25H28ClF5N4O2. The number of nitrogens with zero attached hydrogens (tertiary/aromatic N) is 2. The van der Waals surface area contributed by atoms with Crippen molar-refractivity contribution in [3.05, 3.63) is 58.1 Å². The predicted molar refractivity (Wildman–Crippen MR) is 132 cm³/mol. The molecule has 0 aromatic heterocycles. The number of alkyl halides is 3. The first-order valence-corrected chi connectivity index (χ1v) is 12.2. The minimum atomic E-state index is -4.24. The Balaban J connectivity index is 1.75. The first-order chi connectivity index (χ1) is 17.4. The lowest BCUT2D eigenvalue weighted by molar-refractivity contribution is -0.139. The Morgan fingerprint density at radius 2 is 1.84 bits per heavy atom. The number of halogens is 6. The van der Waals surface area contributed by atoms with E-state index in [1.54, 1.807) is 17.9 Å². The quantitative estimate of drug-likeness (QED) is 0.438. The van der Waals surface area contributed by atoms with Crippen LogP contribution in [-0.4, -0.2) is 55.1 Å². The number of carbonyl (C=O) groups excluding carboxylic acids is 2. The first-order valence-electron chi connectivity index (χ1n) is 11.8. The number of piperazine rings is 1. The Bertz CT molecular complexity index is 1140. The molecule has 1 aliphatic rings. The molecule has 2 N–H and O–H groups in total. The Kier molecular flexibility index (Phi) is 9.36. The standard InChI is InChI=1S/C25H28ClF5N4O2/c1-3-21(36)32-13-16-4-6-18(23(28)22(16)27)24(37)33-19-7-5-17(26)12-20(19)35-11-10-34(15(2)14-35)9-8-25(29,30)31/h4-7,12,15H,3,8-11,13-14H2,1-2H3,(H,32,36)(H,33,37)/t15-/m0/s1. The molecule has 1 fully saturated rings. The van der Waals surface area contributed by atoms with Gasteiger partial charge in [0.15, 0.2) is 11.6 Å². The van der Waals surface area contributed by atoms with Gasteiger partial charge < -0.3 is 15.5 Å². The van der Waals surface area contributed by atoms with Crippen molar-refractivity contribution in [2.24, 2.45) is 0 Å². The molecule has 202 valence electrons. The summed E-state index contributed by atoms with van der Waals surface area (Å²) in [5, 5.41) is 5.42. The number of amides is 2. The minimum absolute atomic E-state index is 0.0968. The molecule has 0 spiro atoms. The lowest BCUT2D eigenvalue weighted by atomic mass is 10.1. The molecule has 37 heavy (non-hydrogen) atoms. The summed E-state index contributed by atoms with van der Waals surface area (Å²) in [4.78, 5) is 27.9. The topological polar surface area (TPSA) is 64.7 Å². The maximum absolute atomic E-state index is 14.7. The maximum atomic E-state index is 14.7. The minimum Gasteiger partial charge on any atom is -0.367 e. The van der Waals surface area contributed by atoms with E-state index in [0.29, 0.717) is 36.0 Å². The summed E-state index contributed by atoms with van der Waals surface area (Å²) >= 11 is 6.17. The van der Waals surface area contributed by atoms with Crippen LogP contribution in [0.25, 0.3) is 0 Å². The summed E-state index contributed by atoms with van der Waals surface area (Å²) in [6, 6.07) is 6.82. The molecule has 0 saturated carbocycles. The van der Waals surface area contributed by atoms with Crippen molar-refractivity contribution >= 4 is 34.8 Å². The van der Waals surface area contributed by atoms with Gasteiger partial charge in [0.05, 0.1) is 23.4 Å². The van der Waals surface area contributed by atoms with E-state index >= 15 is 0 Å². The van der Waals surface area contributed by atoms with Gasteiger partial charge in [-0.2, -0.15) is 13.2 Å². The van der Waals surface area contributed by atoms with Crippen molar-refractivity contribution < 1.29 is 31.5 Å². The lowest BCUT2D eigenvalue weighted by Gasteiger charge is -2.41. The first kappa shape index (κ1) is 28.6. The van der Waals surface area contributed by atoms with Gasteiger partial charge in [-0.1, -0.05) is 24.6 Å². The highest BCUT2D eigenvalue weighted by Crippen LogP contribution is 2.32. The SMILES string of the molecule is CCC(=O)NCc1ccc(C(=O)Nc2ccc(Cl)cc2N2CCN(CCC(F)(F)F)[C@@H](C)C2)c(F)c1F. The van der Waals surface area contributed by atoms with Crippen molar-refractivity contribution in [3.8, 4) is 0 Å². The highest BCUT2D eigenvalue weighted by atomic mass is 35.5. The van der Waals surface area contributed by atoms with Gasteiger partial charge in [-0.05, 0) is 31.2 Å². The third-order valence-corrected chi connectivity index (χ3v) is 6.44. The fourth-order valence-electron chi connectivity index (χ4n) is 4.10. The van der Waals surface area contributed by atoms with Gasteiger partial charge in [0, 0.05) is 55.8 Å². The van der Waals surface area contributed by atoms with E-state index < -0.39 is 35.7 Å². The zero-order chi connectivity index (χ0) is 27.3. The molecule has 1 aliphatic heterocycles. The molecular weight excluding hydrogens is 519 g/mol. The van der Waals surface area contributed by atoms with Crippen molar-refractivity contribution in [3.63, 3.8) is 0 Å². The van der Waals surface area contributed by atoms with Gasteiger partial charge in [0.1, 0.15) is 0 Å². The van der Waals surface area contributed by atoms with Gasteiger partial charge in [-0.3, -0.25) is 14.5 Å². The summed E-state index contributed by atoms with van der Waals surface area (Å²) in [5.41, 5.74) is 0.196. The molecule has 12 heteroatoms. The average Bonchev–Trinajstić information content (AvgIpc) is 2.84. The highest BCUT2D eigenvalue weighted by molar-refractivity contribution is 6.31. The Hall–Kier alpha value is -2.92. The third-order valence-electron chi connectivity index (χ3n) is 6.20. The van der Waals surface area contributed by atoms with E-state index in [0.717, 1.165) is 6.07 Å². The second-order valence-electron chi connectivity index (χ2n) is 8.84. The van der Waals surface area contributed by atoms with Crippen LogP contribution in [0, 0.1) is 11.6 Å². The monoisotopic (exact) mass is 546 g/mol. The summed E-state index contributed by atoms with van der Waals surface area (Å²) in [5.74, 6) is -3.79. The van der Waals surface area contributed by atoms with Crippen LogP contribution in [0.1, 0.15) is 42.6 Å². The molecule has 0 radical (unpaired) electrons. The normalized spacial score (nSPS) is 16.5. The van der Waals surface area contributed by atoms with Crippen LogP contribution in [0.5, 0.6) is 0 Å². The van der Waals surface area contributed by atoms with Gasteiger partial charge in [0.2, 0.25) is 5.91 Å². The average molecular weight is 547 g/mol. The van der Waals surface area contributed by atoms with Crippen LogP contribution in [0.15, 0.2) is 30.3 Å². The van der Waals surface area contributed by atoms with Crippen LogP contribution in [0.4, 0.5) is 33.3 Å². The fourth-order valence-corrected chi connectivity index (χ4v) is 4.26. The number of carbonyl (C=O) groups is 2. The molecule has 6 nitrogen and oxygen atoms in total. The lowest BCUT2D eigenvalue weighted by Crippen LogP contribution is -2.52. The molecule has 2 aromatic carbocycles. The largest absolute Gasteiger partial charge is 0.390 e. The fraction of sp³-hybridized carbons (Fsp3) is 0.440. The van der Waals surface area contributed by atoms with Gasteiger partial charge in [0.25, 0.3) is 5.91 Å². The van der Waals surface area contributed by atoms with Gasteiger partial charge >= 0.3 is 6.18 Å². The van der Waals surface area contributed by atoms with Crippen LogP contribution in [0.3, 0.4) is 0 Å². The summed E-state index contributed by atoms with van der Waals surface area (Å²) in [7, 11) is 0. The van der Waals surface area contributed by atoms with Gasteiger partial charge in [-0.15, -0.1) is 0 Å². The number of anilines is 2. The molecule has 1 atom stereocenters. The molecule has 0 unspecified atom stereocenters. The molecule has 1 saturated heterocycles. The summed E-state index contributed by atoms with van der Waals surface area (Å²) in [6.07, 6.45) is -4.95. The molecule has 1 heterocycles. The van der Waals surface area contributed by atoms with E-state index in [1.165, 1.54) is 18.2 Å². The molecule has 2 aromatic rings. The van der Waals surface area contributed by atoms with Crippen LogP contribution in [0.2, 0.25) is 5.02 Å². The number of hydrogen-bond donors (Lipinski definition) is 2. The second-order valence-corrected chi connectivity index (χ2v) is 9.28. The van der Waals surface area contributed by atoms with E-state index in [1.807, 2.05) is 11.8 Å². The Labute approximate surface area is 216 Å². The second kappa shape index (κ2) is 12.1. The third kappa shape index (κ3) is 7.54. The van der Waals surface area contributed by atoms with Crippen LogP contribution < -0.4 is 15.5 Å². The van der Waals surface area contributed by atoms with E-state index in [4.69, 9.17) is 11.6 Å². The smallest absolute Gasteiger partial charge is 0.367 e. The van der Waals surface area contributed by atoms with Crippen LogP contribution in [-0.2, 0) is 11.3 Å². The van der Waals surface area contributed by atoms with Gasteiger partial charge in [-0.25, -0.2) is 8.78 Å². The zero-order valence-corrected chi connectivity index (χ0v) is 21.1. The maximum Gasteiger partial charge on any atom is 0.390 e. The van der Waals surface area contributed by atoms with E-state index in [-0.39, 0.29) is 37.0 Å². The van der Waals surface area contributed by atoms with E-state index in [2.05, 4.69) is 10.6 Å². The number of benzene rings is 2. The van der Waals surface area contributed by atoms with Crippen LogP contribution >= 0.6 is 11.6 Å². The number of nitrogens with one attached hydrogen (secondary N) is 2. The van der Waals surface area contributed by atoms with E-state index in [9.17, 15) is 31.5 Å². The number of rotatable bonds is 8. The summed E-state index contributed by atoms with van der Waals surface area (Å²) in [6.45, 7) is 4.24. The van der Waals surface area contributed by atoms with Crippen molar-refractivity contribution in [1.29, 1.82) is 0 Å². The molecule has 0 aliphatic carbocycles. The molecule has 0 bridgehead atoms. The molecule has 2 amide bonds. The number of hydrogen-bond acceptors (Lipinski definition) is 4. The Morgan fingerprint density at radius 3 is 2.49 bits per heavy atom. The van der Waals surface area contributed by atoms with Crippen molar-refractivity contribution in [2.75, 3.05) is 36.4 Å². The summed E-state index contributed by atoms with van der Waals surface area (Å²) < 4.78 is 67.2. The Morgan fingerprint density at radius 1 is 1.11 bits per heavy atom. The van der Waals surface area contributed by atoms with Crippen molar-refractivity contribution in [1.82, 2.24) is 10.2 Å². The highest BCUT2D eigenvalue weighted by Gasteiger charge is 2.31. The predicted octanol–water partition coefficient (Wildman–Crippen LogP) is 5.36.